The molecule has 6 heavy (non-hydrogen) atoms. The van der Waals surface area contributed by atoms with Gasteiger partial charge >= 0.3 is 51.6 Å². The average Bonchev–Trinajstić information content (AvgIpc) is 1.36. The van der Waals surface area contributed by atoms with Gasteiger partial charge in [-0.3, -0.25) is 0 Å². The minimum atomic E-state index is -1.04. The van der Waals surface area contributed by atoms with E-state index in [-0.39, 0.29) is 0 Å². The van der Waals surface area contributed by atoms with Crippen molar-refractivity contribution in [3.63, 3.8) is 0 Å². The molecule has 0 aliphatic rings. The van der Waals surface area contributed by atoms with E-state index in [0.717, 1.165) is 0 Å². The molecule has 0 rings (SSSR count). The van der Waals surface area contributed by atoms with Crippen LogP contribution >= 0.6 is 11.6 Å². The number of halogens is 1. The van der Waals surface area contributed by atoms with Crippen molar-refractivity contribution in [1.82, 2.24) is 0 Å². The maximum atomic E-state index is 5.71. The van der Waals surface area contributed by atoms with E-state index in [2.05, 4.69) is 16.8 Å². The Balaban J connectivity index is 2.99. The SMILES string of the molecule is C[CH](Cl)[SnH]([CH3])[CH3]. The molecule has 0 nitrogen and oxygen atoms in total. The fourth-order valence-electron chi connectivity index (χ4n) is 0. The third-order valence-electron chi connectivity index (χ3n) is 0.919. The third-order valence-corrected chi connectivity index (χ3v) is 9.54. The van der Waals surface area contributed by atoms with Gasteiger partial charge in [0.15, 0.2) is 0 Å². The molecular formula is C4H11ClSn. The zero-order valence-corrected chi connectivity index (χ0v) is 8.58. The van der Waals surface area contributed by atoms with Crippen LogP contribution in [0.25, 0.3) is 0 Å². The Hall–Kier alpha value is 1.09. The Labute approximate surface area is 51.6 Å². The average molecular weight is 213 g/mol. The van der Waals surface area contributed by atoms with Gasteiger partial charge in [0, 0.05) is 0 Å². The third kappa shape index (κ3) is 3.29. The minimum absolute atomic E-state index is 0.534. The molecule has 0 N–H and O–H groups in total. The monoisotopic (exact) mass is 214 g/mol. The zero-order valence-electron chi connectivity index (χ0n) is 4.53. The molecule has 1 atom stereocenters. The molecule has 0 fully saturated rings. The molecule has 0 saturated carbocycles. The van der Waals surface area contributed by atoms with Gasteiger partial charge in [-0.2, -0.15) is 0 Å². The topological polar surface area (TPSA) is 0 Å². The molecule has 0 radical (unpaired) electrons. The van der Waals surface area contributed by atoms with Gasteiger partial charge in [-0.15, -0.1) is 0 Å². The fourth-order valence-corrected chi connectivity index (χ4v) is 0. The van der Waals surface area contributed by atoms with Crippen LogP contribution in [0, 0.1) is 0 Å². The zero-order chi connectivity index (χ0) is 5.15. The first-order chi connectivity index (χ1) is 2.64. The van der Waals surface area contributed by atoms with Gasteiger partial charge in [-0.25, -0.2) is 0 Å². The molecule has 2 heteroatoms. The summed E-state index contributed by atoms with van der Waals surface area (Å²) >= 11 is 4.67. The summed E-state index contributed by atoms with van der Waals surface area (Å²) in [5, 5.41) is 0. The Morgan fingerprint density at radius 3 is 1.67 bits per heavy atom. The first-order valence-electron chi connectivity index (χ1n) is 2.28. The van der Waals surface area contributed by atoms with Crippen molar-refractivity contribution in [2.75, 3.05) is 0 Å². The number of hydrogen-bond donors (Lipinski definition) is 0. The first kappa shape index (κ1) is 7.09. The standard InChI is InChI=1S/C2H4Cl.2CH3.Sn.H/c1-2-3;;;;/h2H,1H3;2*1H3;;. The van der Waals surface area contributed by atoms with E-state index < -0.39 is 19.8 Å². The van der Waals surface area contributed by atoms with Crippen LogP contribution in [0.2, 0.25) is 9.88 Å². The van der Waals surface area contributed by atoms with E-state index in [4.69, 9.17) is 11.6 Å². The van der Waals surface area contributed by atoms with Gasteiger partial charge in [-0.05, 0) is 0 Å². The normalized spacial score (nSPS) is 15.5. The summed E-state index contributed by atoms with van der Waals surface area (Å²) < 4.78 is 0.534. The van der Waals surface area contributed by atoms with Crippen LogP contribution in [-0.2, 0) is 0 Å². The van der Waals surface area contributed by atoms with Crippen molar-refractivity contribution >= 4 is 31.4 Å². The van der Waals surface area contributed by atoms with Gasteiger partial charge in [0.25, 0.3) is 0 Å². The molecular weight excluding hydrogens is 202 g/mol. The summed E-state index contributed by atoms with van der Waals surface area (Å²) in [6.07, 6.45) is 0. The molecule has 0 aromatic rings. The van der Waals surface area contributed by atoms with E-state index in [1.807, 2.05) is 0 Å². The van der Waals surface area contributed by atoms with Crippen molar-refractivity contribution in [2.45, 2.75) is 20.2 Å². The van der Waals surface area contributed by atoms with Gasteiger partial charge in [-0.1, -0.05) is 0 Å². The van der Waals surface area contributed by atoms with Gasteiger partial charge < -0.3 is 0 Å². The fraction of sp³-hybridized carbons (Fsp3) is 1.00. The Morgan fingerprint density at radius 1 is 1.50 bits per heavy atom. The van der Waals surface area contributed by atoms with Crippen molar-refractivity contribution in [3.05, 3.63) is 0 Å². The predicted octanol–water partition coefficient (Wildman–Crippen LogP) is 1.64. The van der Waals surface area contributed by atoms with Crippen LogP contribution in [0.15, 0.2) is 0 Å². The van der Waals surface area contributed by atoms with Gasteiger partial charge in [0.2, 0.25) is 0 Å². The van der Waals surface area contributed by atoms with E-state index in [9.17, 15) is 0 Å². The molecule has 0 aliphatic heterocycles. The predicted molar refractivity (Wildman–Crippen MR) is 34.2 cm³/mol. The van der Waals surface area contributed by atoms with E-state index in [1.54, 1.807) is 0 Å². The number of alkyl halides is 1. The van der Waals surface area contributed by atoms with Crippen LogP contribution in [0.1, 0.15) is 6.92 Å². The van der Waals surface area contributed by atoms with Crippen molar-refractivity contribution < 1.29 is 0 Å². The molecule has 0 amide bonds. The summed E-state index contributed by atoms with van der Waals surface area (Å²) in [5.74, 6) is 0. The molecule has 0 heterocycles. The second-order valence-corrected chi connectivity index (χ2v) is 13.8. The Bertz CT molecular complexity index is 28.5. The molecule has 0 aromatic carbocycles. The molecule has 0 aliphatic carbocycles. The van der Waals surface area contributed by atoms with Crippen LogP contribution in [0.5, 0.6) is 0 Å². The van der Waals surface area contributed by atoms with Crippen LogP contribution in [-0.4, -0.2) is 23.2 Å². The van der Waals surface area contributed by atoms with E-state index in [1.165, 1.54) is 0 Å². The van der Waals surface area contributed by atoms with Crippen LogP contribution in [0.4, 0.5) is 0 Å². The summed E-state index contributed by atoms with van der Waals surface area (Å²) in [7, 11) is 0. The second-order valence-electron chi connectivity index (χ2n) is 1.92. The summed E-state index contributed by atoms with van der Waals surface area (Å²) in [6, 6.07) is 0. The Morgan fingerprint density at radius 2 is 1.67 bits per heavy atom. The molecule has 0 saturated heterocycles. The summed E-state index contributed by atoms with van der Waals surface area (Å²) in [4.78, 5) is 4.64. The molecule has 38 valence electrons. The second kappa shape index (κ2) is 3.14. The van der Waals surface area contributed by atoms with Crippen LogP contribution < -0.4 is 0 Å². The molecule has 1 unspecified atom stereocenters. The van der Waals surface area contributed by atoms with Crippen molar-refractivity contribution in [1.29, 1.82) is 0 Å². The summed E-state index contributed by atoms with van der Waals surface area (Å²) in [5.41, 5.74) is 0. The molecule has 0 spiro atoms. The number of rotatable bonds is 1. The quantitative estimate of drug-likeness (QED) is 0.459. The van der Waals surface area contributed by atoms with E-state index >= 15 is 0 Å². The molecule has 0 bridgehead atoms. The summed E-state index contributed by atoms with van der Waals surface area (Å²) in [6.45, 7) is 2.10. The van der Waals surface area contributed by atoms with Gasteiger partial charge in [0.05, 0.1) is 0 Å². The van der Waals surface area contributed by atoms with Crippen molar-refractivity contribution in [2.24, 2.45) is 0 Å². The molecule has 0 aromatic heterocycles. The van der Waals surface area contributed by atoms with Gasteiger partial charge in [0.1, 0.15) is 0 Å². The van der Waals surface area contributed by atoms with Crippen molar-refractivity contribution in [3.8, 4) is 0 Å². The number of hydrogen-bond acceptors (Lipinski definition) is 0. The maximum absolute atomic E-state index is 5.71. The van der Waals surface area contributed by atoms with Crippen LogP contribution in [0.3, 0.4) is 0 Å². The Kier molecular flexibility index (Phi) is 3.71. The first-order valence-corrected chi connectivity index (χ1v) is 11.2. The van der Waals surface area contributed by atoms with E-state index in [0.29, 0.717) is 3.39 Å².